The molecule has 0 radical (unpaired) electrons. The summed E-state index contributed by atoms with van der Waals surface area (Å²) in [5.74, 6) is -0.0932. The maximum absolute atomic E-state index is 13.0. The molecule has 3 aromatic rings. The number of rotatable bonds is 8. The Morgan fingerprint density at radius 1 is 1.00 bits per heavy atom. The number of benzene rings is 2. The fourth-order valence-electron chi connectivity index (χ4n) is 2.68. The fraction of sp³-hybridized carbons (Fsp3) is 0.182. The number of hydrogen-bond donors (Lipinski definition) is 0. The van der Waals surface area contributed by atoms with Crippen LogP contribution in [0.2, 0.25) is 0 Å². The average Bonchev–Trinajstić information content (AvgIpc) is 3.27. The lowest BCUT2D eigenvalue weighted by atomic mass is 9.99. The molecule has 0 saturated heterocycles. The summed E-state index contributed by atoms with van der Waals surface area (Å²) >= 11 is 1.41. The van der Waals surface area contributed by atoms with Crippen LogP contribution in [0.4, 0.5) is 0 Å². The monoisotopic (exact) mass is 396 g/mol. The molecular weight excluding hydrogens is 376 g/mol. The van der Waals surface area contributed by atoms with Crippen molar-refractivity contribution in [2.45, 2.75) is 13.5 Å². The highest BCUT2D eigenvalue weighted by molar-refractivity contribution is 7.08. The lowest BCUT2D eigenvalue weighted by molar-refractivity contribution is 0.0523. The molecule has 0 bridgehead atoms. The van der Waals surface area contributed by atoms with Crippen LogP contribution in [-0.2, 0) is 11.3 Å². The summed E-state index contributed by atoms with van der Waals surface area (Å²) in [5, 5.41) is 3.56. The molecule has 6 heteroatoms. The van der Waals surface area contributed by atoms with Crippen molar-refractivity contribution in [3.8, 4) is 11.5 Å². The summed E-state index contributed by atoms with van der Waals surface area (Å²) in [6.45, 7) is 2.23. The van der Waals surface area contributed by atoms with Crippen LogP contribution in [0, 0.1) is 0 Å². The number of esters is 1. The molecule has 0 N–H and O–H groups in total. The van der Waals surface area contributed by atoms with Gasteiger partial charge in [-0.15, -0.1) is 0 Å². The van der Waals surface area contributed by atoms with Crippen molar-refractivity contribution in [1.82, 2.24) is 0 Å². The van der Waals surface area contributed by atoms with E-state index in [1.54, 1.807) is 24.4 Å². The number of carbonyl (C=O) groups excluding carboxylic acids is 2. The Bertz CT molecular complexity index is 949. The summed E-state index contributed by atoms with van der Waals surface area (Å²) in [6, 6.07) is 14.4. The molecule has 0 amide bonds. The van der Waals surface area contributed by atoms with Crippen molar-refractivity contribution < 1.29 is 23.8 Å². The van der Waals surface area contributed by atoms with Gasteiger partial charge in [0.05, 0.1) is 19.3 Å². The third-order valence-corrected chi connectivity index (χ3v) is 4.75. The lowest BCUT2D eigenvalue weighted by Gasteiger charge is -2.15. The second-order valence-corrected chi connectivity index (χ2v) is 6.66. The maximum Gasteiger partial charge on any atom is 0.339 e. The van der Waals surface area contributed by atoms with E-state index in [-0.39, 0.29) is 23.5 Å². The topological polar surface area (TPSA) is 61.8 Å². The van der Waals surface area contributed by atoms with E-state index >= 15 is 0 Å². The van der Waals surface area contributed by atoms with Crippen LogP contribution in [0.15, 0.2) is 59.3 Å². The highest BCUT2D eigenvalue weighted by Gasteiger charge is 2.23. The summed E-state index contributed by atoms with van der Waals surface area (Å²) in [7, 11) is 1.49. The van der Waals surface area contributed by atoms with Gasteiger partial charge in [-0.3, -0.25) is 4.79 Å². The first kappa shape index (κ1) is 19.6. The molecule has 0 saturated carbocycles. The first-order chi connectivity index (χ1) is 13.6. The minimum atomic E-state index is -0.575. The number of hydrogen-bond acceptors (Lipinski definition) is 6. The first-order valence-corrected chi connectivity index (χ1v) is 9.71. The maximum atomic E-state index is 13.0. The van der Waals surface area contributed by atoms with E-state index in [0.29, 0.717) is 23.7 Å². The zero-order chi connectivity index (χ0) is 19.9. The number of methoxy groups -OCH3 is 1. The van der Waals surface area contributed by atoms with Crippen LogP contribution in [0.5, 0.6) is 11.5 Å². The van der Waals surface area contributed by atoms with Gasteiger partial charge in [0.25, 0.3) is 0 Å². The van der Waals surface area contributed by atoms with Crippen molar-refractivity contribution in [1.29, 1.82) is 0 Å². The van der Waals surface area contributed by atoms with Gasteiger partial charge in [-0.05, 0) is 36.1 Å². The fourth-order valence-corrected chi connectivity index (χ4v) is 3.32. The minimum Gasteiger partial charge on any atom is -0.493 e. The molecule has 144 valence electrons. The van der Waals surface area contributed by atoms with Crippen molar-refractivity contribution in [2.75, 3.05) is 13.7 Å². The molecule has 0 spiro atoms. The predicted molar refractivity (Wildman–Crippen MR) is 107 cm³/mol. The smallest absolute Gasteiger partial charge is 0.339 e. The van der Waals surface area contributed by atoms with Crippen LogP contribution < -0.4 is 9.47 Å². The molecule has 0 aliphatic heterocycles. The van der Waals surface area contributed by atoms with E-state index in [1.165, 1.54) is 24.5 Å². The Morgan fingerprint density at radius 3 is 2.39 bits per heavy atom. The van der Waals surface area contributed by atoms with Gasteiger partial charge in [0.1, 0.15) is 6.61 Å². The van der Waals surface area contributed by atoms with Gasteiger partial charge < -0.3 is 14.2 Å². The van der Waals surface area contributed by atoms with Gasteiger partial charge in [0, 0.05) is 16.5 Å². The zero-order valence-electron chi connectivity index (χ0n) is 15.6. The Kier molecular flexibility index (Phi) is 6.45. The second-order valence-electron chi connectivity index (χ2n) is 5.88. The average molecular weight is 396 g/mol. The van der Waals surface area contributed by atoms with Gasteiger partial charge in [0.15, 0.2) is 17.3 Å². The third kappa shape index (κ3) is 4.40. The van der Waals surface area contributed by atoms with E-state index < -0.39 is 5.97 Å². The molecule has 3 rings (SSSR count). The number of carbonyl (C=O) groups is 2. The van der Waals surface area contributed by atoms with Crippen molar-refractivity contribution in [3.05, 3.63) is 81.5 Å². The van der Waals surface area contributed by atoms with E-state index in [4.69, 9.17) is 14.2 Å². The molecule has 0 fully saturated rings. The van der Waals surface area contributed by atoms with Gasteiger partial charge in [-0.25, -0.2) is 4.79 Å². The molecule has 2 aromatic carbocycles. The number of ketones is 1. The molecular formula is C22H20O5S. The summed E-state index contributed by atoms with van der Waals surface area (Å²) in [6.07, 6.45) is 0. The highest BCUT2D eigenvalue weighted by Crippen LogP contribution is 2.33. The van der Waals surface area contributed by atoms with E-state index in [2.05, 4.69) is 0 Å². The third-order valence-electron chi connectivity index (χ3n) is 4.06. The Hall–Kier alpha value is -3.12. The summed E-state index contributed by atoms with van der Waals surface area (Å²) in [4.78, 5) is 25.4. The second kappa shape index (κ2) is 9.19. The van der Waals surface area contributed by atoms with E-state index in [1.807, 2.05) is 35.7 Å². The largest absolute Gasteiger partial charge is 0.493 e. The molecule has 1 aromatic heterocycles. The summed E-state index contributed by atoms with van der Waals surface area (Å²) in [5.41, 5.74) is 1.86. The number of ether oxygens (including phenoxy) is 3. The Balaban J connectivity index is 2.01. The summed E-state index contributed by atoms with van der Waals surface area (Å²) < 4.78 is 16.4. The zero-order valence-corrected chi connectivity index (χ0v) is 16.5. The SMILES string of the molecule is CCOC(=O)c1cc(OC)c(OCc2ccccc2)cc1C(=O)c1ccsc1. The van der Waals surface area contributed by atoms with Crippen molar-refractivity contribution in [3.63, 3.8) is 0 Å². The van der Waals surface area contributed by atoms with Crippen LogP contribution in [0.3, 0.4) is 0 Å². The molecule has 0 aliphatic rings. The van der Waals surface area contributed by atoms with Gasteiger partial charge in [-0.2, -0.15) is 11.3 Å². The lowest BCUT2D eigenvalue weighted by Crippen LogP contribution is -2.13. The van der Waals surface area contributed by atoms with Crippen molar-refractivity contribution in [2.24, 2.45) is 0 Å². The molecule has 28 heavy (non-hydrogen) atoms. The van der Waals surface area contributed by atoms with Gasteiger partial charge in [-0.1, -0.05) is 30.3 Å². The van der Waals surface area contributed by atoms with Gasteiger partial charge >= 0.3 is 5.97 Å². The molecule has 0 atom stereocenters. The van der Waals surface area contributed by atoms with E-state index in [9.17, 15) is 9.59 Å². The minimum absolute atomic E-state index is 0.155. The van der Waals surface area contributed by atoms with Crippen LogP contribution in [-0.4, -0.2) is 25.5 Å². The van der Waals surface area contributed by atoms with Crippen LogP contribution in [0.25, 0.3) is 0 Å². The molecule has 0 aliphatic carbocycles. The Labute approximate surface area is 167 Å². The standard InChI is InChI=1S/C22H20O5S/c1-3-26-22(24)18-12-19(25-2)20(27-13-15-7-5-4-6-8-15)11-17(18)21(23)16-9-10-28-14-16/h4-12,14H,3,13H2,1-2H3. The van der Waals surface area contributed by atoms with Crippen LogP contribution in [0.1, 0.15) is 38.8 Å². The molecule has 5 nitrogen and oxygen atoms in total. The quantitative estimate of drug-likeness (QED) is 0.406. The van der Waals surface area contributed by atoms with Gasteiger partial charge in [0.2, 0.25) is 0 Å². The molecule has 0 unspecified atom stereocenters. The highest BCUT2D eigenvalue weighted by atomic mass is 32.1. The number of thiophene rings is 1. The van der Waals surface area contributed by atoms with Crippen molar-refractivity contribution >= 4 is 23.1 Å². The molecule has 1 heterocycles. The predicted octanol–water partition coefficient (Wildman–Crippen LogP) is 4.74. The van der Waals surface area contributed by atoms with Crippen LogP contribution >= 0.6 is 11.3 Å². The van der Waals surface area contributed by atoms with E-state index in [0.717, 1.165) is 5.56 Å². The Morgan fingerprint density at radius 2 is 1.75 bits per heavy atom. The first-order valence-electron chi connectivity index (χ1n) is 8.76. The normalized spacial score (nSPS) is 10.4.